The van der Waals surface area contributed by atoms with E-state index in [1.54, 1.807) is 44.5 Å². The molecule has 3 aliphatic rings. The molecule has 0 amide bonds. The number of rotatable bonds is 1. The second-order valence-corrected chi connectivity index (χ2v) is 11.4. The maximum atomic E-state index is 2.51. The van der Waals surface area contributed by atoms with Crippen molar-refractivity contribution in [3.05, 3.63) is 74.9 Å². The topological polar surface area (TPSA) is 0 Å². The molecule has 0 aliphatic heterocycles. The maximum Gasteiger partial charge on any atom is -0.00105 e. The van der Waals surface area contributed by atoms with Crippen molar-refractivity contribution < 1.29 is 0 Å². The largest absolute Gasteiger partial charge is 0.0619 e. The van der Waals surface area contributed by atoms with Crippen LogP contribution in [0.25, 0.3) is 16.7 Å². The standard InChI is InChI=1S/C29H34/c1-17-14-19(16-24(17)28(2,3)4)25-22-13-12-21(22)23-15-18-10-8-9-11-20(18)26(23)27(25)29(5,6)7/h8-11,14H,12-13,15-16H2,1-7H3. The Morgan fingerprint density at radius 3 is 2.00 bits per heavy atom. The summed E-state index contributed by atoms with van der Waals surface area (Å²) in [6.45, 7) is 16.7. The van der Waals surface area contributed by atoms with Crippen LogP contribution in [-0.4, -0.2) is 0 Å². The highest BCUT2D eigenvalue weighted by atomic mass is 14.4. The second kappa shape index (κ2) is 5.97. The first-order chi connectivity index (χ1) is 13.6. The Bertz CT molecular complexity index is 1100. The highest BCUT2D eigenvalue weighted by Crippen LogP contribution is 2.54. The van der Waals surface area contributed by atoms with E-state index >= 15 is 0 Å². The van der Waals surface area contributed by atoms with Gasteiger partial charge in [-0.1, -0.05) is 83.0 Å². The van der Waals surface area contributed by atoms with Crippen molar-refractivity contribution in [3.63, 3.8) is 0 Å². The summed E-state index contributed by atoms with van der Waals surface area (Å²) in [6.07, 6.45) is 7.26. The molecule has 0 heteroatoms. The van der Waals surface area contributed by atoms with E-state index in [9.17, 15) is 0 Å². The van der Waals surface area contributed by atoms with Crippen molar-refractivity contribution in [1.82, 2.24) is 0 Å². The lowest BCUT2D eigenvalue weighted by Crippen LogP contribution is -2.24. The van der Waals surface area contributed by atoms with Crippen LogP contribution in [0, 0.1) is 5.41 Å². The number of hydrogen-bond donors (Lipinski definition) is 0. The summed E-state index contributed by atoms with van der Waals surface area (Å²) in [5.41, 5.74) is 17.8. The quantitative estimate of drug-likeness (QED) is 0.403. The van der Waals surface area contributed by atoms with Crippen molar-refractivity contribution in [2.45, 2.75) is 79.6 Å². The zero-order valence-electron chi connectivity index (χ0n) is 19.2. The molecule has 0 bridgehead atoms. The van der Waals surface area contributed by atoms with Gasteiger partial charge >= 0.3 is 0 Å². The molecule has 0 heterocycles. The van der Waals surface area contributed by atoms with E-state index in [0.717, 1.165) is 12.8 Å². The Kier molecular flexibility index (Phi) is 3.90. The highest BCUT2D eigenvalue weighted by Gasteiger charge is 2.38. The molecule has 0 unspecified atom stereocenters. The first kappa shape index (κ1) is 18.9. The molecule has 0 saturated heterocycles. The van der Waals surface area contributed by atoms with Gasteiger partial charge in [0.05, 0.1) is 0 Å². The van der Waals surface area contributed by atoms with E-state index in [4.69, 9.17) is 0 Å². The molecule has 3 aliphatic carbocycles. The number of hydrogen-bond acceptors (Lipinski definition) is 0. The fourth-order valence-corrected chi connectivity index (χ4v) is 6.01. The second-order valence-electron chi connectivity index (χ2n) is 11.4. The van der Waals surface area contributed by atoms with Crippen molar-refractivity contribution in [3.8, 4) is 11.1 Å². The lowest BCUT2D eigenvalue weighted by Gasteiger charge is -2.36. The average molecular weight is 383 g/mol. The molecule has 0 fully saturated rings. The Balaban J connectivity index is 1.78. The maximum absolute atomic E-state index is 2.51. The molecular weight excluding hydrogens is 348 g/mol. The van der Waals surface area contributed by atoms with Crippen LogP contribution in [0.4, 0.5) is 0 Å². The van der Waals surface area contributed by atoms with E-state index in [0.29, 0.717) is 0 Å². The fourth-order valence-electron chi connectivity index (χ4n) is 6.01. The third-order valence-corrected chi connectivity index (χ3v) is 7.32. The van der Waals surface area contributed by atoms with Gasteiger partial charge in [0.1, 0.15) is 0 Å². The Labute approximate surface area is 176 Å². The van der Waals surface area contributed by atoms with E-state index in [2.05, 4.69) is 78.8 Å². The predicted octanol–water partition coefficient (Wildman–Crippen LogP) is 7.80. The predicted molar refractivity (Wildman–Crippen MR) is 126 cm³/mol. The molecule has 2 aromatic rings. The van der Waals surface area contributed by atoms with Gasteiger partial charge in [0.15, 0.2) is 0 Å². The van der Waals surface area contributed by atoms with Gasteiger partial charge in [-0.15, -0.1) is 0 Å². The Morgan fingerprint density at radius 2 is 1.41 bits per heavy atom. The first-order valence-electron chi connectivity index (χ1n) is 11.3. The molecule has 0 saturated carbocycles. The minimum absolute atomic E-state index is 0.126. The van der Waals surface area contributed by atoms with Crippen molar-refractivity contribution in [2.24, 2.45) is 5.41 Å². The van der Waals surface area contributed by atoms with Gasteiger partial charge in [-0.25, -0.2) is 0 Å². The number of fused-ring (bicyclic) bond motifs is 5. The molecular formula is C29H34. The lowest BCUT2D eigenvalue weighted by molar-refractivity contribution is 0.494. The summed E-state index contributed by atoms with van der Waals surface area (Å²) in [5, 5.41) is 0. The third kappa shape index (κ3) is 2.71. The minimum atomic E-state index is 0.126. The van der Waals surface area contributed by atoms with Crippen molar-refractivity contribution >= 4 is 5.57 Å². The van der Waals surface area contributed by atoms with Crippen LogP contribution in [0.15, 0.2) is 41.5 Å². The monoisotopic (exact) mass is 382 g/mol. The van der Waals surface area contributed by atoms with Crippen LogP contribution < -0.4 is 0 Å². The molecule has 29 heavy (non-hydrogen) atoms. The van der Waals surface area contributed by atoms with E-state index in [1.165, 1.54) is 29.5 Å². The van der Waals surface area contributed by atoms with Gasteiger partial charge in [0, 0.05) is 0 Å². The molecule has 5 rings (SSSR count). The molecule has 0 nitrogen and oxygen atoms in total. The smallest absolute Gasteiger partial charge is 0.00105 e. The SMILES string of the molecule is CC1=C(C(C)(C)C)CC(c2c3c(c4c(c2C(C)(C)C)-c2ccccc2C4)CC3)=C1. The van der Waals surface area contributed by atoms with Crippen LogP contribution in [0.5, 0.6) is 0 Å². The zero-order valence-corrected chi connectivity index (χ0v) is 19.2. The Morgan fingerprint density at radius 1 is 0.724 bits per heavy atom. The lowest BCUT2D eigenvalue weighted by atomic mass is 9.68. The number of allylic oxidation sites excluding steroid dienone is 4. The van der Waals surface area contributed by atoms with Crippen LogP contribution in [0.1, 0.15) is 88.3 Å². The van der Waals surface area contributed by atoms with Gasteiger partial charge in [0.25, 0.3) is 0 Å². The molecule has 0 N–H and O–H groups in total. The summed E-state index contributed by atoms with van der Waals surface area (Å²) >= 11 is 0. The summed E-state index contributed by atoms with van der Waals surface area (Å²) in [7, 11) is 0. The van der Waals surface area contributed by atoms with E-state index < -0.39 is 0 Å². The summed E-state index contributed by atoms with van der Waals surface area (Å²) in [6, 6.07) is 9.12. The first-order valence-corrected chi connectivity index (χ1v) is 11.3. The fraction of sp³-hybridized carbons (Fsp3) is 0.448. The normalized spacial score (nSPS) is 17.7. The van der Waals surface area contributed by atoms with Crippen LogP contribution in [0.2, 0.25) is 0 Å². The van der Waals surface area contributed by atoms with Crippen LogP contribution in [-0.2, 0) is 24.7 Å². The number of benzene rings is 2. The molecule has 2 aromatic carbocycles. The molecule has 0 aromatic heterocycles. The summed E-state index contributed by atoms with van der Waals surface area (Å²) < 4.78 is 0. The molecule has 0 atom stereocenters. The highest BCUT2D eigenvalue weighted by molar-refractivity contribution is 5.91. The van der Waals surface area contributed by atoms with Gasteiger partial charge in [-0.2, -0.15) is 0 Å². The third-order valence-electron chi connectivity index (χ3n) is 7.32. The summed E-state index contributed by atoms with van der Waals surface area (Å²) in [4.78, 5) is 0. The van der Waals surface area contributed by atoms with Gasteiger partial charge in [-0.3, -0.25) is 0 Å². The van der Waals surface area contributed by atoms with Crippen molar-refractivity contribution in [2.75, 3.05) is 0 Å². The molecule has 150 valence electrons. The van der Waals surface area contributed by atoms with E-state index in [1.807, 2.05) is 0 Å². The Hall–Kier alpha value is -2.08. The van der Waals surface area contributed by atoms with Gasteiger partial charge in [0.2, 0.25) is 0 Å². The van der Waals surface area contributed by atoms with Crippen molar-refractivity contribution in [1.29, 1.82) is 0 Å². The van der Waals surface area contributed by atoms with Gasteiger partial charge in [-0.05, 0) is 93.5 Å². The molecule has 0 spiro atoms. The minimum Gasteiger partial charge on any atom is -0.0619 e. The average Bonchev–Trinajstić information content (AvgIpc) is 3.13. The van der Waals surface area contributed by atoms with Crippen LogP contribution >= 0.6 is 0 Å². The van der Waals surface area contributed by atoms with E-state index in [-0.39, 0.29) is 10.8 Å². The molecule has 0 radical (unpaired) electrons. The summed E-state index contributed by atoms with van der Waals surface area (Å²) in [5.74, 6) is 0. The van der Waals surface area contributed by atoms with Crippen LogP contribution in [0.3, 0.4) is 0 Å². The van der Waals surface area contributed by atoms with Gasteiger partial charge < -0.3 is 0 Å². The zero-order chi connectivity index (χ0) is 20.7.